The van der Waals surface area contributed by atoms with Gasteiger partial charge in [0.15, 0.2) is 0 Å². The molecular formula is C16H30N2O2. The monoisotopic (exact) mass is 282 g/mol. The van der Waals surface area contributed by atoms with Gasteiger partial charge in [0.2, 0.25) is 0 Å². The van der Waals surface area contributed by atoms with Crippen molar-refractivity contribution in [2.24, 2.45) is 5.92 Å². The molecule has 4 heteroatoms. The Morgan fingerprint density at radius 3 is 2.70 bits per heavy atom. The van der Waals surface area contributed by atoms with Crippen LogP contribution in [0.5, 0.6) is 0 Å². The van der Waals surface area contributed by atoms with Gasteiger partial charge in [0.25, 0.3) is 0 Å². The Morgan fingerprint density at radius 2 is 2.10 bits per heavy atom. The standard InChI is InChI=1S/C16H30N2O2/c1-6-11(2)17-10-12-9-13-7-8-14(12)18(13)15(19)20-16(3,4)5/h11-14,17H,6-10H2,1-5H3. The maximum absolute atomic E-state index is 12.3. The molecule has 2 bridgehead atoms. The highest BCUT2D eigenvalue weighted by Crippen LogP contribution is 2.42. The number of rotatable bonds is 4. The summed E-state index contributed by atoms with van der Waals surface area (Å²) in [6.07, 6.45) is 4.45. The lowest BCUT2D eigenvalue weighted by Gasteiger charge is -2.28. The van der Waals surface area contributed by atoms with Crippen molar-refractivity contribution < 1.29 is 9.53 Å². The Balaban J connectivity index is 1.92. The molecule has 0 aromatic carbocycles. The van der Waals surface area contributed by atoms with Gasteiger partial charge < -0.3 is 15.0 Å². The molecule has 20 heavy (non-hydrogen) atoms. The van der Waals surface area contributed by atoms with Crippen LogP contribution in [0.1, 0.15) is 60.3 Å². The van der Waals surface area contributed by atoms with E-state index in [4.69, 9.17) is 4.74 Å². The molecule has 0 aliphatic carbocycles. The van der Waals surface area contributed by atoms with Gasteiger partial charge in [-0.15, -0.1) is 0 Å². The zero-order valence-electron chi connectivity index (χ0n) is 13.6. The SMILES string of the molecule is CCC(C)NCC1CC2CCC1N2C(=O)OC(C)(C)C. The van der Waals surface area contributed by atoms with Gasteiger partial charge in [-0.3, -0.25) is 0 Å². The minimum atomic E-state index is -0.399. The fraction of sp³-hybridized carbons (Fsp3) is 0.938. The van der Waals surface area contributed by atoms with E-state index in [9.17, 15) is 4.79 Å². The van der Waals surface area contributed by atoms with E-state index in [-0.39, 0.29) is 6.09 Å². The molecule has 116 valence electrons. The van der Waals surface area contributed by atoms with Gasteiger partial charge in [-0.1, -0.05) is 6.92 Å². The van der Waals surface area contributed by atoms with Crippen molar-refractivity contribution in [3.8, 4) is 0 Å². The number of amides is 1. The second-order valence-corrected chi connectivity index (χ2v) is 7.40. The number of carbonyl (C=O) groups is 1. The van der Waals surface area contributed by atoms with Gasteiger partial charge in [-0.2, -0.15) is 0 Å². The molecule has 2 rings (SSSR count). The predicted octanol–water partition coefficient (Wildman–Crippen LogP) is 3.16. The molecule has 1 amide bonds. The molecule has 2 fully saturated rings. The van der Waals surface area contributed by atoms with E-state index in [2.05, 4.69) is 19.2 Å². The van der Waals surface area contributed by atoms with Crippen molar-refractivity contribution in [1.82, 2.24) is 10.2 Å². The Kier molecular flexibility index (Phi) is 4.62. The summed E-state index contributed by atoms with van der Waals surface area (Å²) in [7, 11) is 0. The van der Waals surface area contributed by atoms with Crippen LogP contribution in [0.2, 0.25) is 0 Å². The van der Waals surface area contributed by atoms with Crippen molar-refractivity contribution >= 4 is 6.09 Å². The molecule has 2 aliphatic rings. The molecule has 4 atom stereocenters. The van der Waals surface area contributed by atoms with Gasteiger partial charge in [0.1, 0.15) is 5.60 Å². The second-order valence-electron chi connectivity index (χ2n) is 7.40. The first-order valence-corrected chi connectivity index (χ1v) is 8.06. The fourth-order valence-corrected chi connectivity index (χ4v) is 3.43. The molecular weight excluding hydrogens is 252 g/mol. The normalized spacial score (nSPS) is 30.6. The summed E-state index contributed by atoms with van der Waals surface area (Å²) in [4.78, 5) is 14.4. The van der Waals surface area contributed by atoms with Gasteiger partial charge in [0.05, 0.1) is 0 Å². The third-order valence-corrected chi connectivity index (χ3v) is 4.61. The lowest BCUT2D eigenvalue weighted by Crippen LogP contribution is -2.42. The number of nitrogens with one attached hydrogen (secondary N) is 1. The highest BCUT2D eigenvalue weighted by Gasteiger charge is 2.49. The van der Waals surface area contributed by atoms with Crippen molar-refractivity contribution in [2.45, 2.75) is 84.0 Å². The summed E-state index contributed by atoms with van der Waals surface area (Å²) in [6, 6.07) is 1.34. The van der Waals surface area contributed by atoms with Crippen LogP contribution in [0.3, 0.4) is 0 Å². The minimum absolute atomic E-state index is 0.115. The Hall–Kier alpha value is -0.770. The van der Waals surface area contributed by atoms with Gasteiger partial charge in [-0.25, -0.2) is 4.79 Å². The summed E-state index contributed by atoms with van der Waals surface area (Å²) in [5, 5.41) is 3.59. The first kappa shape index (κ1) is 15.6. The molecule has 2 heterocycles. The second kappa shape index (κ2) is 5.92. The summed E-state index contributed by atoms with van der Waals surface area (Å²) in [5.74, 6) is 0.593. The maximum Gasteiger partial charge on any atom is 0.410 e. The molecule has 4 nitrogen and oxygen atoms in total. The van der Waals surface area contributed by atoms with E-state index >= 15 is 0 Å². The zero-order valence-corrected chi connectivity index (χ0v) is 13.6. The number of nitrogens with zero attached hydrogens (tertiary/aromatic N) is 1. The molecule has 0 saturated carbocycles. The van der Waals surface area contributed by atoms with Crippen LogP contribution >= 0.6 is 0 Å². The van der Waals surface area contributed by atoms with Crippen LogP contribution in [0.15, 0.2) is 0 Å². The van der Waals surface area contributed by atoms with Crippen LogP contribution < -0.4 is 5.32 Å². The third kappa shape index (κ3) is 3.46. The van der Waals surface area contributed by atoms with Crippen LogP contribution in [0.25, 0.3) is 0 Å². The Morgan fingerprint density at radius 1 is 1.40 bits per heavy atom. The fourth-order valence-electron chi connectivity index (χ4n) is 3.43. The molecule has 0 aromatic rings. The quantitative estimate of drug-likeness (QED) is 0.861. The first-order valence-electron chi connectivity index (χ1n) is 8.06. The van der Waals surface area contributed by atoms with Crippen LogP contribution in [0, 0.1) is 5.92 Å². The van der Waals surface area contributed by atoms with E-state index in [0.29, 0.717) is 24.0 Å². The lowest BCUT2D eigenvalue weighted by molar-refractivity contribution is 0.0205. The Labute approximate surface area is 123 Å². The number of fused-ring (bicyclic) bond motifs is 2. The minimum Gasteiger partial charge on any atom is -0.444 e. The summed E-state index contributed by atoms with van der Waals surface area (Å²) in [6.45, 7) is 11.3. The van der Waals surface area contributed by atoms with E-state index in [1.807, 2.05) is 25.7 Å². The summed E-state index contributed by atoms with van der Waals surface area (Å²) < 4.78 is 5.56. The lowest BCUT2D eigenvalue weighted by atomic mass is 9.89. The topological polar surface area (TPSA) is 41.6 Å². The predicted molar refractivity (Wildman–Crippen MR) is 80.7 cm³/mol. The summed E-state index contributed by atoms with van der Waals surface area (Å²) in [5.41, 5.74) is -0.399. The van der Waals surface area contributed by atoms with E-state index < -0.39 is 5.60 Å². The average Bonchev–Trinajstić information content (AvgIpc) is 2.90. The molecule has 1 N–H and O–H groups in total. The highest BCUT2D eigenvalue weighted by molar-refractivity contribution is 5.70. The molecule has 0 aromatic heterocycles. The van der Waals surface area contributed by atoms with Crippen molar-refractivity contribution in [1.29, 1.82) is 0 Å². The molecule has 0 radical (unpaired) electrons. The maximum atomic E-state index is 12.3. The van der Waals surface area contributed by atoms with E-state index in [1.165, 1.54) is 0 Å². The molecule has 0 spiro atoms. The van der Waals surface area contributed by atoms with Crippen molar-refractivity contribution in [3.05, 3.63) is 0 Å². The largest absolute Gasteiger partial charge is 0.444 e. The van der Waals surface area contributed by atoms with Crippen LogP contribution in [-0.2, 0) is 4.74 Å². The number of hydrogen-bond acceptors (Lipinski definition) is 3. The van der Waals surface area contributed by atoms with Crippen molar-refractivity contribution in [2.75, 3.05) is 6.54 Å². The first-order chi connectivity index (χ1) is 9.31. The number of ether oxygens (including phenoxy) is 1. The van der Waals surface area contributed by atoms with Crippen LogP contribution in [0.4, 0.5) is 4.79 Å². The van der Waals surface area contributed by atoms with E-state index in [1.54, 1.807) is 0 Å². The molecule has 2 saturated heterocycles. The van der Waals surface area contributed by atoms with Crippen LogP contribution in [-0.4, -0.2) is 41.3 Å². The summed E-state index contributed by atoms with van der Waals surface area (Å²) >= 11 is 0. The average molecular weight is 282 g/mol. The van der Waals surface area contributed by atoms with Gasteiger partial charge in [0, 0.05) is 24.7 Å². The Bertz CT molecular complexity index is 351. The van der Waals surface area contributed by atoms with E-state index in [0.717, 1.165) is 32.2 Å². The molecule has 4 unspecified atom stereocenters. The highest BCUT2D eigenvalue weighted by atomic mass is 16.6. The smallest absolute Gasteiger partial charge is 0.410 e. The molecule has 2 aliphatic heterocycles. The van der Waals surface area contributed by atoms with Crippen molar-refractivity contribution in [3.63, 3.8) is 0 Å². The third-order valence-electron chi connectivity index (χ3n) is 4.61. The van der Waals surface area contributed by atoms with Gasteiger partial charge >= 0.3 is 6.09 Å². The number of hydrogen-bond donors (Lipinski definition) is 1. The number of carbonyl (C=O) groups excluding carboxylic acids is 1. The zero-order chi connectivity index (χ0) is 14.9. The van der Waals surface area contributed by atoms with Gasteiger partial charge in [-0.05, 0) is 59.3 Å².